The third-order valence-corrected chi connectivity index (χ3v) is 4.89. The summed E-state index contributed by atoms with van der Waals surface area (Å²) >= 11 is 3.45. The van der Waals surface area contributed by atoms with Gasteiger partial charge in [-0.15, -0.1) is 0 Å². The molecule has 0 N–H and O–H groups in total. The summed E-state index contributed by atoms with van der Waals surface area (Å²) in [5.41, 5.74) is 3.57. The SMILES string of the molecule is Cc1cccc(-n2c(/C=C\c3ccc(Br)cc3)nc3ccccc3c2=O)c1. The number of para-hydroxylation sites is 1. The lowest BCUT2D eigenvalue weighted by Crippen LogP contribution is -2.22. The fourth-order valence-corrected chi connectivity index (χ4v) is 3.29. The first-order valence-corrected chi connectivity index (χ1v) is 9.43. The van der Waals surface area contributed by atoms with Crippen LogP contribution in [0.1, 0.15) is 17.0 Å². The summed E-state index contributed by atoms with van der Waals surface area (Å²) in [5.74, 6) is 0.604. The van der Waals surface area contributed by atoms with E-state index in [-0.39, 0.29) is 5.56 Å². The molecule has 4 aromatic rings. The topological polar surface area (TPSA) is 34.9 Å². The predicted octanol–water partition coefficient (Wildman–Crippen LogP) is 5.63. The summed E-state index contributed by atoms with van der Waals surface area (Å²) in [5, 5.41) is 0.611. The number of hydrogen-bond donors (Lipinski definition) is 0. The van der Waals surface area contributed by atoms with Crippen molar-refractivity contribution in [2.24, 2.45) is 0 Å². The molecule has 0 atom stereocenters. The van der Waals surface area contributed by atoms with Crippen molar-refractivity contribution in [3.8, 4) is 5.69 Å². The van der Waals surface area contributed by atoms with Crippen LogP contribution >= 0.6 is 15.9 Å². The minimum atomic E-state index is -0.0679. The van der Waals surface area contributed by atoms with Crippen LogP contribution in [0.2, 0.25) is 0 Å². The highest BCUT2D eigenvalue weighted by atomic mass is 79.9. The van der Waals surface area contributed by atoms with E-state index in [2.05, 4.69) is 15.9 Å². The Labute approximate surface area is 165 Å². The van der Waals surface area contributed by atoms with Crippen LogP contribution in [0.3, 0.4) is 0 Å². The first kappa shape index (κ1) is 17.4. The van der Waals surface area contributed by atoms with Crippen LogP contribution in [-0.2, 0) is 0 Å². The molecule has 0 aliphatic heterocycles. The van der Waals surface area contributed by atoms with Gasteiger partial charge in [0.2, 0.25) is 0 Å². The van der Waals surface area contributed by atoms with E-state index in [1.165, 1.54) is 0 Å². The zero-order valence-corrected chi connectivity index (χ0v) is 16.3. The van der Waals surface area contributed by atoms with Crippen molar-refractivity contribution in [3.63, 3.8) is 0 Å². The fourth-order valence-electron chi connectivity index (χ4n) is 3.02. The molecule has 0 saturated heterocycles. The van der Waals surface area contributed by atoms with E-state index < -0.39 is 0 Å². The first-order valence-electron chi connectivity index (χ1n) is 8.64. The maximum atomic E-state index is 13.2. The van der Waals surface area contributed by atoms with E-state index in [1.807, 2.05) is 91.9 Å². The number of fused-ring (bicyclic) bond motifs is 1. The number of aromatic nitrogens is 2. The molecule has 132 valence electrons. The zero-order valence-electron chi connectivity index (χ0n) is 14.8. The highest BCUT2D eigenvalue weighted by molar-refractivity contribution is 9.10. The van der Waals surface area contributed by atoms with E-state index >= 15 is 0 Å². The minimum absolute atomic E-state index is 0.0679. The lowest BCUT2D eigenvalue weighted by Gasteiger charge is -2.12. The quantitative estimate of drug-likeness (QED) is 0.433. The molecule has 0 amide bonds. The van der Waals surface area contributed by atoms with Gasteiger partial charge in [-0.05, 0) is 60.5 Å². The number of hydrogen-bond acceptors (Lipinski definition) is 2. The lowest BCUT2D eigenvalue weighted by molar-refractivity contribution is 0.942. The molecule has 1 aromatic heterocycles. The summed E-state index contributed by atoms with van der Waals surface area (Å²) in [6.07, 6.45) is 3.86. The van der Waals surface area contributed by atoms with Gasteiger partial charge in [-0.1, -0.05) is 58.4 Å². The maximum absolute atomic E-state index is 13.2. The monoisotopic (exact) mass is 416 g/mol. The van der Waals surface area contributed by atoms with Gasteiger partial charge >= 0.3 is 0 Å². The molecule has 3 nitrogen and oxygen atoms in total. The summed E-state index contributed by atoms with van der Waals surface area (Å²) in [7, 11) is 0. The lowest BCUT2D eigenvalue weighted by atomic mass is 10.2. The third kappa shape index (κ3) is 3.62. The van der Waals surface area contributed by atoms with Crippen molar-refractivity contribution in [2.45, 2.75) is 6.92 Å². The third-order valence-electron chi connectivity index (χ3n) is 4.36. The van der Waals surface area contributed by atoms with Gasteiger partial charge in [-0.3, -0.25) is 9.36 Å². The molecule has 0 bridgehead atoms. The van der Waals surface area contributed by atoms with E-state index in [0.29, 0.717) is 16.7 Å². The van der Waals surface area contributed by atoms with Gasteiger partial charge in [0, 0.05) is 4.47 Å². The van der Waals surface area contributed by atoms with Crippen LogP contribution in [0.25, 0.3) is 28.7 Å². The summed E-state index contributed by atoms with van der Waals surface area (Å²) in [4.78, 5) is 17.9. The van der Waals surface area contributed by atoms with E-state index in [9.17, 15) is 4.79 Å². The van der Waals surface area contributed by atoms with Crippen molar-refractivity contribution in [1.82, 2.24) is 9.55 Å². The molecule has 1 heterocycles. The summed E-state index contributed by atoms with van der Waals surface area (Å²) in [6, 6.07) is 23.3. The highest BCUT2D eigenvalue weighted by Crippen LogP contribution is 2.17. The number of rotatable bonds is 3. The van der Waals surface area contributed by atoms with Crippen molar-refractivity contribution < 1.29 is 0 Å². The molecule has 0 saturated carbocycles. The Balaban J connectivity index is 1.93. The van der Waals surface area contributed by atoms with Gasteiger partial charge in [0.05, 0.1) is 16.6 Å². The average molecular weight is 417 g/mol. The van der Waals surface area contributed by atoms with Crippen molar-refractivity contribution in [1.29, 1.82) is 0 Å². The Morgan fingerprint density at radius 2 is 1.70 bits per heavy atom. The van der Waals surface area contributed by atoms with Crippen LogP contribution in [-0.4, -0.2) is 9.55 Å². The molecule has 4 heteroatoms. The Bertz CT molecular complexity index is 1210. The molecule has 0 aliphatic rings. The molecule has 0 spiro atoms. The van der Waals surface area contributed by atoms with Crippen LogP contribution in [0.15, 0.2) is 82.1 Å². The second kappa shape index (κ2) is 7.33. The smallest absolute Gasteiger partial charge is 0.266 e. The van der Waals surface area contributed by atoms with Gasteiger partial charge in [-0.25, -0.2) is 4.98 Å². The number of nitrogens with zero attached hydrogens (tertiary/aromatic N) is 2. The highest BCUT2D eigenvalue weighted by Gasteiger charge is 2.11. The summed E-state index contributed by atoms with van der Waals surface area (Å²) < 4.78 is 2.70. The van der Waals surface area contributed by atoms with E-state index in [0.717, 1.165) is 21.3 Å². The van der Waals surface area contributed by atoms with Crippen LogP contribution in [0.4, 0.5) is 0 Å². The molecule has 0 radical (unpaired) electrons. The van der Waals surface area contributed by atoms with Crippen LogP contribution in [0, 0.1) is 6.92 Å². The maximum Gasteiger partial charge on any atom is 0.266 e. The fraction of sp³-hybridized carbons (Fsp3) is 0.0435. The average Bonchev–Trinajstić information content (AvgIpc) is 2.68. The Morgan fingerprint density at radius 3 is 2.48 bits per heavy atom. The number of benzene rings is 3. The second-order valence-corrected chi connectivity index (χ2v) is 7.27. The molecule has 3 aromatic carbocycles. The molecular formula is C23H17BrN2O. The second-order valence-electron chi connectivity index (χ2n) is 6.35. The minimum Gasteiger partial charge on any atom is -0.268 e. The molecule has 4 rings (SSSR count). The summed E-state index contributed by atoms with van der Waals surface area (Å²) in [6.45, 7) is 2.01. The molecule has 0 fully saturated rings. The normalized spacial score (nSPS) is 11.3. The predicted molar refractivity (Wildman–Crippen MR) is 115 cm³/mol. The zero-order chi connectivity index (χ0) is 18.8. The molecule has 27 heavy (non-hydrogen) atoms. The molecule has 0 aliphatic carbocycles. The first-order chi connectivity index (χ1) is 13.1. The largest absolute Gasteiger partial charge is 0.268 e. The van der Waals surface area contributed by atoms with Crippen molar-refractivity contribution >= 4 is 39.0 Å². The Kier molecular flexibility index (Phi) is 4.73. The van der Waals surface area contributed by atoms with Crippen molar-refractivity contribution in [3.05, 3.63) is 105 Å². The van der Waals surface area contributed by atoms with E-state index in [1.54, 1.807) is 4.57 Å². The number of halogens is 1. The van der Waals surface area contributed by atoms with Crippen molar-refractivity contribution in [2.75, 3.05) is 0 Å². The van der Waals surface area contributed by atoms with Gasteiger partial charge in [-0.2, -0.15) is 0 Å². The van der Waals surface area contributed by atoms with E-state index in [4.69, 9.17) is 4.98 Å². The van der Waals surface area contributed by atoms with Gasteiger partial charge in [0.25, 0.3) is 5.56 Å². The van der Waals surface area contributed by atoms with Gasteiger partial charge < -0.3 is 0 Å². The molecule has 0 unspecified atom stereocenters. The van der Waals surface area contributed by atoms with Crippen LogP contribution < -0.4 is 5.56 Å². The standard InChI is InChI=1S/C23H17BrN2O/c1-16-5-4-6-19(15-16)26-22(14-11-17-9-12-18(24)13-10-17)25-21-8-3-2-7-20(21)23(26)27/h2-15H,1H3/b14-11-. The van der Waals surface area contributed by atoms with Crippen LogP contribution in [0.5, 0.6) is 0 Å². The van der Waals surface area contributed by atoms with Gasteiger partial charge in [0.15, 0.2) is 0 Å². The Morgan fingerprint density at radius 1 is 0.926 bits per heavy atom. The Hall–Kier alpha value is -2.98. The number of aryl methyl sites for hydroxylation is 1. The molecular weight excluding hydrogens is 400 g/mol. The van der Waals surface area contributed by atoms with Gasteiger partial charge in [0.1, 0.15) is 5.82 Å².